The summed E-state index contributed by atoms with van der Waals surface area (Å²) in [5, 5.41) is 10.9. The first kappa shape index (κ1) is 19.1. The fourth-order valence-corrected chi connectivity index (χ4v) is 4.73. The smallest absolute Gasteiger partial charge is 0.153 e. The third kappa shape index (κ3) is 3.85. The van der Waals surface area contributed by atoms with E-state index in [0.29, 0.717) is 13.0 Å². The summed E-state index contributed by atoms with van der Waals surface area (Å²) in [6.07, 6.45) is 0.399. The predicted molar refractivity (Wildman–Crippen MR) is 104 cm³/mol. The normalized spacial score (nSPS) is 23.9. The molecule has 1 saturated heterocycles. The van der Waals surface area contributed by atoms with Crippen LogP contribution in [-0.2, 0) is 20.2 Å². The van der Waals surface area contributed by atoms with Gasteiger partial charge < -0.3 is 9.84 Å². The van der Waals surface area contributed by atoms with Crippen molar-refractivity contribution >= 4 is 9.84 Å². The molecule has 0 unspecified atom stereocenters. The van der Waals surface area contributed by atoms with E-state index in [1.807, 2.05) is 54.6 Å². The van der Waals surface area contributed by atoms with E-state index in [1.165, 1.54) is 0 Å². The lowest BCUT2D eigenvalue weighted by Crippen LogP contribution is -2.46. The zero-order valence-electron chi connectivity index (χ0n) is 15.3. The molecule has 1 aliphatic heterocycles. The first-order valence-electron chi connectivity index (χ1n) is 9.00. The average molecular weight is 375 g/mol. The van der Waals surface area contributed by atoms with Crippen molar-refractivity contribution in [2.24, 2.45) is 5.92 Å². The fraction of sp³-hybridized carbons (Fsp3) is 0.429. The SMILES string of the molecule is CC(C)S(=O)(=O)C[C@H]1COCC[C@@]1(O)c1ccc(-c2ccccc2)cc1. The van der Waals surface area contributed by atoms with Crippen molar-refractivity contribution in [2.75, 3.05) is 19.0 Å². The number of benzene rings is 2. The van der Waals surface area contributed by atoms with Crippen LogP contribution in [0.2, 0.25) is 0 Å². The van der Waals surface area contributed by atoms with Crippen LogP contribution in [0, 0.1) is 5.92 Å². The summed E-state index contributed by atoms with van der Waals surface area (Å²) in [5.74, 6) is -0.534. The molecule has 2 aromatic rings. The van der Waals surface area contributed by atoms with Crippen molar-refractivity contribution in [1.82, 2.24) is 0 Å². The van der Waals surface area contributed by atoms with E-state index < -0.39 is 26.6 Å². The van der Waals surface area contributed by atoms with Crippen molar-refractivity contribution in [3.05, 3.63) is 60.2 Å². The molecule has 0 amide bonds. The van der Waals surface area contributed by atoms with Gasteiger partial charge >= 0.3 is 0 Å². The van der Waals surface area contributed by atoms with Crippen LogP contribution in [0.3, 0.4) is 0 Å². The van der Waals surface area contributed by atoms with E-state index >= 15 is 0 Å². The van der Waals surface area contributed by atoms with Crippen molar-refractivity contribution in [2.45, 2.75) is 31.1 Å². The molecule has 0 bridgehead atoms. The maximum Gasteiger partial charge on any atom is 0.153 e. The van der Waals surface area contributed by atoms with E-state index in [0.717, 1.165) is 16.7 Å². The Morgan fingerprint density at radius 2 is 1.69 bits per heavy atom. The Morgan fingerprint density at radius 3 is 2.31 bits per heavy atom. The van der Waals surface area contributed by atoms with Gasteiger partial charge in [-0.2, -0.15) is 0 Å². The highest BCUT2D eigenvalue weighted by atomic mass is 32.2. The zero-order chi connectivity index (χ0) is 18.8. The van der Waals surface area contributed by atoms with E-state index in [2.05, 4.69) is 0 Å². The molecule has 26 heavy (non-hydrogen) atoms. The van der Waals surface area contributed by atoms with Crippen LogP contribution in [0.5, 0.6) is 0 Å². The van der Waals surface area contributed by atoms with Crippen LogP contribution in [0.4, 0.5) is 0 Å². The Hall–Kier alpha value is -1.69. The highest BCUT2D eigenvalue weighted by molar-refractivity contribution is 7.91. The van der Waals surface area contributed by atoms with Gasteiger partial charge in [0.2, 0.25) is 0 Å². The molecule has 0 saturated carbocycles. The predicted octanol–water partition coefficient (Wildman–Crippen LogP) is 3.40. The summed E-state index contributed by atoms with van der Waals surface area (Å²) in [6, 6.07) is 17.8. The lowest BCUT2D eigenvalue weighted by atomic mass is 9.78. The molecule has 3 rings (SSSR count). The number of sulfone groups is 1. The molecular formula is C21H26O4S. The number of rotatable bonds is 5. The zero-order valence-corrected chi connectivity index (χ0v) is 16.1. The van der Waals surface area contributed by atoms with Crippen molar-refractivity contribution in [3.63, 3.8) is 0 Å². The minimum atomic E-state index is -3.27. The second-order valence-corrected chi connectivity index (χ2v) is 9.87. The maximum absolute atomic E-state index is 12.4. The van der Waals surface area contributed by atoms with Crippen molar-refractivity contribution in [3.8, 4) is 11.1 Å². The Balaban J connectivity index is 1.89. The number of ether oxygens (including phenoxy) is 1. The molecule has 4 nitrogen and oxygen atoms in total. The summed E-state index contributed by atoms with van der Waals surface area (Å²) in [6.45, 7) is 4.03. The van der Waals surface area contributed by atoms with E-state index in [1.54, 1.807) is 13.8 Å². The monoisotopic (exact) mass is 374 g/mol. The van der Waals surface area contributed by atoms with Gasteiger partial charge in [-0.1, -0.05) is 54.6 Å². The molecular weight excluding hydrogens is 348 g/mol. The van der Waals surface area contributed by atoms with Crippen LogP contribution in [0.1, 0.15) is 25.8 Å². The molecule has 140 valence electrons. The quantitative estimate of drug-likeness (QED) is 0.871. The Morgan fingerprint density at radius 1 is 1.08 bits per heavy atom. The molecule has 1 aliphatic rings. The lowest BCUT2D eigenvalue weighted by molar-refractivity contribution is -0.110. The Kier molecular flexibility index (Phi) is 5.51. The van der Waals surface area contributed by atoms with Crippen LogP contribution >= 0.6 is 0 Å². The Labute approximate surface area is 155 Å². The minimum Gasteiger partial charge on any atom is -0.385 e. The van der Waals surface area contributed by atoms with Crippen LogP contribution in [0.15, 0.2) is 54.6 Å². The van der Waals surface area contributed by atoms with Gasteiger partial charge in [0, 0.05) is 18.9 Å². The van der Waals surface area contributed by atoms with Gasteiger partial charge in [0.1, 0.15) is 0 Å². The minimum absolute atomic E-state index is 0.0679. The maximum atomic E-state index is 12.4. The fourth-order valence-electron chi connectivity index (χ4n) is 3.42. The van der Waals surface area contributed by atoms with Gasteiger partial charge in [0.15, 0.2) is 9.84 Å². The summed E-state index contributed by atoms with van der Waals surface area (Å²) >= 11 is 0. The molecule has 1 heterocycles. The van der Waals surface area contributed by atoms with Crippen LogP contribution in [-0.4, -0.2) is 37.7 Å². The number of hydrogen-bond acceptors (Lipinski definition) is 4. The lowest BCUT2D eigenvalue weighted by Gasteiger charge is -2.40. The third-order valence-corrected chi connectivity index (χ3v) is 7.57. The van der Waals surface area contributed by atoms with Gasteiger partial charge in [-0.25, -0.2) is 8.42 Å². The molecule has 0 spiro atoms. The highest BCUT2D eigenvalue weighted by Crippen LogP contribution is 2.38. The second kappa shape index (κ2) is 7.51. The van der Waals surface area contributed by atoms with Gasteiger partial charge in [0.05, 0.1) is 23.2 Å². The summed E-state index contributed by atoms with van der Waals surface area (Å²) in [4.78, 5) is 0. The van der Waals surface area contributed by atoms with Gasteiger partial charge in [0.25, 0.3) is 0 Å². The van der Waals surface area contributed by atoms with Crippen molar-refractivity contribution in [1.29, 1.82) is 0 Å². The largest absolute Gasteiger partial charge is 0.385 e. The molecule has 2 aromatic carbocycles. The summed E-state index contributed by atoms with van der Waals surface area (Å²) in [7, 11) is -3.27. The second-order valence-electron chi connectivity index (χ2n) is 7.27. The molecule has 0 aromatic heterocycles. The van der Waals surface area contributed by atoms with E-state index in [4.69, 9.17) is 4.74 Å². The average Bonchev–Trinajstić information content (AvgIpc) is 2.64. The summed E-state index contributed by atoms with van der Waals surface area (Å²) in [5.41, 5.74) is 1.74. The molecule has 1 N–H and O–H groups in total. The van der Waals surface area contributed by atoms with Gasteiger partial charge in [-0.05, 0) is 30.5 Å². The van der Waals surface area contributed by atoms with Crippen LogP contribution in [0.25, 0.3) is 11.1 Å². The standard InChI is InChI=1S/C21H26O4S/c1-16(2)26(23,24)15-20-14-25-13-12-21(20,22)19-10-8-18(9-11-19)17-6-4-3-5-7-17/h3-11,16,20,22H,12-15H2,1-2H3/t20-,21-/m1/s1. The van der Waals surface area contributed by atoms with E-state index in [-0.39, 0.29) is 12.4 Å². The van der Waals surface area contributed by atoms with Gasteiger partial charge in [-0.15, -0.1) is 0 Å². The first-order chi connectivity index (χ1) is 12.3. The molecule has 0 aliphatic carbocycles. The summed E-state index contributed by atoms with van der Waals surface area (Å²) < 4.78 is 30.3. The number of aliphatic hydroxyl groups is 1. The van der Waals surface area contributed by atoms with Crippen molar-refractivity contribution < 1.29 is 18.3 Å². The highest BCUT2D eigenvalue weighted by Gasteiger charge is 2.43. The first-order valence-corrected chi connectivity index (χ1v) is 10.7. The molecule has 1 fully saturated rings. The topological polar surface area (TPSA) is 63.6 Å². The number of hydrogen-bond donors (Lipinski definition) is 1. The third-order valence-electron chi connectivity index (χ3n) is 5.27. The molecule has 5 heteroatoms. The van der Waals surface area contributed by atoms with E-state index in [9.17, 15) is 13.5 Å². The van der Waals surface area contributed by atoms with Gasteiger partial charge in [-0.3, -0.25) is 0 Å². The van der Waals surface area contributed by atoms with Crippen LogP contribution < -0.4 is 0 Å². The molecule has 2 atom stereocenters. The molecule has 0 radical (unpaired) electrons. The Bertz CT molecular complexity index is 828.